The van der Waals surface area contributed by atoms with E-state index in [1.54, 1.807) is 0 Å². The second kappa shape index (κ2) is 8.38. The molecule has 2 fully saturated rings. The minimum absolute atomic E-state index is 0.0510. The van der Waals surface area contributed by atoms with E-state index in [1.807, 2.05) is 64.4 Å². The predicted octanol–water partition coefficient (Wildman–Crippen LogP) is 4.48. The summed E-state index contributed by atoms with van der Waals surface area (Å²) >= 11 is 2.21. The molecule has 6 nitrogen and oxygen atoms in total. The SMILES string of the molecule is O=C(Nc1ccccc1I)N1CCC(N2C(=O)OCC2c2ccccc2)CC1. The minimum atomic E-state index is -0.254. The van der Waals surface area contributed by atoms with Gasteiger partial charge >= 0.3 is 12.1 Å². The molecule has 2 aromatic carbocycles. The molecule has 3 amide bonds. The van der Waals surface area contributed by atoms with E-state index >= 15 is 0 Å². The fraction of sp³-hybridized carbons (Fsp3) is 0.333. The number of para-hydroxylation sites is 1. The largest absolute Gasteiger partial charge is 0.447 e. The molecule has 2 aliphatic rings. The van der Waals surface area contributed by atoms with Crippen LogP contribution in [-0.2, 0) is 4.74 Å². The van der Waals surface area contributed by atoms with Crippen molar-refractivity contribution in [1.29, 1.82) is 0 Å². The number of rotatable bonds is 3. The number of benzene rings is 2. The van der Waals surface area contributed by atoms with Crippen LogP contribution in [0.15, 0.2) is 54.6 Å². The topological polar surface area (TPSA) is 61.9 Å². The molecule has 2 aliphatic heterocycles. The zero-order chi connectivity index (χ0) is 19.5. The number of carbonyl (C=O) groups excluding carboxylic acids is 2. The first kappa shape index (κ1) is 19.0. The molecule has 0 aromatic heterocycles. The molecule has 1 atom stereocenters. The quantitative estimate of drug-likeness (QED) is 0.645. The summed E-state index contributed by atoms with van der Waals surface area (Å²) in [6, 6.07) is 17.7. The molecule has 146 valence electrons. The normalized spacial score (nSPS) is 20.2. The number of anilines is 1. The molecule has 0 saturated carbocycles. The molecule has 28 heavy (non-hydrogen) atoms. The lowest BCUT2D eigenvalue weighted by atomic mass is 9.99. The van der Waals surface area contributed by atoms with Gasteiger partial charge in [0.25, 0.3) is 0 Å². The molecule has 0 bridgehead atoms. The summed E-state index contributed by atoms with van der Waals surface area (Å²) < 4.78 is 6.35. The third-order valence-electron chi connectivity index (χ3n) is 5.36. The number of amides is 3. The Hall–Kier alpha value is -2.29. The Morgan fingerprint density at radius 2 is 1.71 bits per heavy atom. The second-order valence-corrected chi connectivity index (χ2v) is 8.20. The lowest BCUT2D eigenvalue weighted by molar-refractivity contribution is 0.116. The zero-order valence-electron chi connectivity index (χ0n) is 15.4. The Labute approximate surface area is 178 Å². The Bertz CT molecular complexity index is 853. The van der Waals surface area contributed by atoms with Gasteiger partial charge in [-0.25, -0.2) is 9.59 Å². The summed E-state index contributed by atoms with van der Waals surface area (Å²) in [6.07, 6.45) is 1.24. The number of nitrogens with one attached hydrogen (secondary N) is 1. The highest BCUT2D eigenvalue weighted by atomic mass is 127. The first-order valence-electron chi connectivity index (χ1n) is 9.44. The van der Waals surface area contributed by atoms with Crippen molar-refractivity contribution in [3.05, 3.63) is 63.7 Å². The van der Waals surface area contributed by atoms with Crippen LogP contribution in [0.25, 0.3) is 0 Å². The first-order valence-corrected chi connectivity index (χ1v) is 10.5. The van der Waals surface area contributed by atoms with E-state index in [9.17, 15) is 9.59 Å². The molecule has 2 aromatic rings. The number of likely N-dealkylation sites (tertiary alicyclic amines) is 1. The van der Waals surface area contributed by atoms with E-state index in [4.69, 9.17) is 4.74 Å². The van der Waals surface area contributed by atoms with Crippen LogP contribution in [0.1, 0.15) is 24.4 Å². The third-order valence-corrected chi connectivity index (χ3v) is 6.30. The van der Waals surface area contributed by atoms with Crippen molar-refractivity contribution in [3.63, 3.8) is 0 Å². The number of nitrogens with zero attached hydrogens (tertiary/aromatic N) is 2. The average Bonchev–Trinajstić information content (AvgIpc) is 3.12. The molecule has 1 unspecified atom stereocenters. The zero-order valence-corrected chi connectivity index (χ0v) is 17.5. The van der Waals surface area contributed by atoms with Gasteiger partial charge in [-0.1, -0.05) is 42.5 Å². The minimum Gasteiger partial charge on any atom is -0.447 e. The fourth-order valence-electron chi connectivity index (χ4n) is 3.87. The number of ether oxygens (including phenoxy) is 1. The lowest BCUT2D eigenvalue weighted by Gasteiger charge is -2.37. The highest BCUT2D eigenvalue weighted by molar-refractivity contribution is 14.1. The molecule has 2 heterocycles. The smallest absolute Gasteiger partial charge is 0.410 e. The Balaban J connectivity index is 1.38. The average molecular weight is 491 g/mol. The highest BCUT2D eigenvalue weighted by Crippen LogP contribution is 2.33. The van der Waals surface area contributed by atoms with E-state index < -0.39 is 0 Å². The van der Waals surface area contributed by atoms with Gasteiger partial charge in [-0.05, 0) is 53.1 Å². The van der Waals surface area contributed by atoms with Gasteiger partial charge in [0.1, 0.15) is 6.61 Å². The van der Waals surface area contributed by atoms with E-state index in [1.165, 1.54) is 0 Å². The van der Waals surface area contributed by atoms with Gasteiger partial charge in [0.15, 0.2) is 0 Å². The van der Waals surface area contributed by atoms with Crippen LogP contribution in [0.2, 0.25) is 0 Å². The highest BCUT2D eigenvalue weighted by Gasteiger charge is 2.40. The van der Waals surface area contributed by atoms with Gasteiger partial charge < -0.3 is 15.0 Å². The van der Waals surface area contributed by atoms with Crippen LogP contribution >= 0.6 is 22.6 Å². The van der Waals surface area contributed by atoms with E-state index in [2.05, 4.69) is 27.9 Å². The van der Waals surface area contributed by atoms with Crippen molar-refractivity contribution in [2.45, 2.75) is 24.9 Å². The van der Waals surface area contributed by atoms with Gasteiger partial charge in [0.2, 0.25) is 0 Å². The predicted molar refractivity (Wildman–Crippen MR) is 115 cm³/mol. The summed E-state index contributed by atoms with van der Waals surface area (Å²) in [5, 5.41) is 2.98. The molecule has 7 heteroatoms. The van der Waals surface area contributed by atoms with E-state index in [-0.39, 0.29) is 24.2 Å². The van der Waals surface area contributed by atoms with Gasteiger partial charge in [-0.3, -0.25) is 4.90 Å². The van der Waals surface area contributed by atoms with Gasteiger partial charge in [-0.15, -0.1) is 0 Å². The number of halogens is 1. The van der Waals surface area contributed by atoms with E-state index in [0.29, 0.717) is 19.7 Å². The first-order chi connectivity index (χ1) is 13.6. The Morgan fingerprint density at radius 1 is 1.04 bits per heavy atom. The molecular formula is C21H22IN3O3. The summed E-state index contributed by atoms with van der Waals surface area (Å²) in [4.78, 5) is 28.6. The number of hydrogen-bond donors (Lipinski definition) is 1. The van der Waals surface area contributed by atoms with Gasteiger partial charge in [0.05, 0.1) is 11.7 Å². The van der Waals surface area contributed by atoms with Crippen molar-refractivity contribution in [1.82, 2.24) is 9.80 Å². The molecule has 1 N–H and O–H groups in total. The number of cyclic esters (lactones) is 1. The van der Waals surface area contributed by atoms with Crippen molar-refractivity contribution >= 4 is 40.4 Å². The number of carbonyl (C=O) groups is 2. The van der Waals surface area contributed by atoms with Crippen molar-refractivity contribution < 1.29 is 14.3 Å². The number of hydrogen-bond acceptors (Lipinski definition) is 3. The maximum absolute atomic E-state index is 12.6. The monoisotopic (exact) mass is 491 g/mol. The fourth-order valence-corrected chi connectivity index (χ4v) is 4.39. The van der Waals surface area contributed by atoms with Crippen LogP contribution in [0.5, 0.6) is 0 Å². The second-order valence-electron chi connectivity index (χ2n) is 7.04. The Kier molecular flexibility index (Phi) is 5.70. The van der Waals surface area contributed by atoms with Crippen LogP contribution in [-0.4, -0.2) is 47.7 Å². The molecule has 4 rings (SSSR count). The lowest BCUT2D eigenvalue weighted by Crippen LogP contribution is -2.48. The third kappa shape index (κ3) is 3.94. The molecule has 0 aliphatic carbocycles. The summed E-state index contributed by atoms with van der Waals surface area (Å²) in [5.74, 6) is 0. The van der Waals surface area contributed by atoms with Gasteiger partial charge in [-0.2, -0.15) is 0 Å². The summed E-state index contributed by atoms with van der Waals surface area (Å²) in [7, 11) is 0. The van der Waals surface area contributed by atoms with E-state index in [0.717, 1.165) is 27.7 Å². The van der Waals surface area contributed by atoms with Crippen molar-refractivity contribution in [2.24, 2.45) is 0 Å². The van der Waals surface area contributed by atoms with Crippen molar-refractivity contribution in [2.75, 3.05) is 25.0 Å². The van der Waals surface area contributed by atoms with Gasteiger partial charge in [0, 0.05) is 22.7 Å². The maximum Gasteiger partial charge on any atom is 0.410 e. The maximum atomic E-state index is 12.6. The molecule has 0 radical (unpaired) electrons. The van der Waals surface area contributed by atoms with Crippen LogP contribution in [0.4, 0.5) is 15.3 Å². The van der Waals surface area contributed by atoms with Crippen LogP contribution in [0, 0.1) is 3.57 Å². The molecule has 0 spiro atoms. The summed E-state index contributed by atoms with van der Waals surface area (Å²) in [5.41, 5.74) is 1.91. The Morgan fingerprint density at radius 3 is 2.43 bits per heavy atom. The number of piperidine rings is 1. The van der Waals surface area contributed by atoms with Crippen LogP contribution in [0.3, 0.4) is 0 Å². The van der Waals surface area contributed by atoms with Crippen LogP contribution < -0.4 is 5.32 Å². The standard InChI is InChI=1S/C21H22IN3O3/c22-17-8-4-5-9-18(17)23-20(26)24-12-10-16(11-13-24)25-19(14-28-21(25)27)15-6-2-1-3-7-15/h1-9,16,19H,10-14H2,(H,23,26). The molecular weight excluding hydrogens is 469 g/mol. The molecule has 2 saturated heterocycles. The summed E-state index contributed by atoms with van der Waals surface area (Å²) in [6.45, 7) is 1.62. The number of urea groups is 1. The van der Waals surface area contributed by atoms with Crippen molar-refractivity contribution in [3.8, 4) is 0 Å².